The van der Waals surface area contributed by atoms with Crippen molar-refractivity contribution in [1.82, 2.24) is 5.32 Å². The summed E-state index contributed by atoms with van der Waals surface area (Å²) < 4.78 is 38.6. The molecule has 1 amide bonds. The van der Waals surface area contributed by atoms with Gasteiger partial charge in [-0.25, -0.2) is 0 Å². The maximum absolute atomic E-state index is 12.9. The molecule has 2 nitrogen and oxygen atoms in total. The van der Waals surface area contributed by atoms with Crippen molar-refractivity contribution in [2.24, 2.45) is 11.3 Å². The minimum Gasteiger partial charge on any atom is -0.329 e. The number of nitrogens with one attached hydrogen (secondary N) is 1. The van der Waals surface area contributed by atoms with Crippen molar-refractivity contribution < 1.29 is 18.0 Å². The highest BCUT2D eigenvalue weighted by Gasteiger charge is 2.40. The Hall–Kier alpha value is -1.26. The van der Waals surface area contributed by atoms with E-state index in [9.17, 15) is 18.0 Å². The third-order valence-corrected chi connectivity index (χ3v) is 5.20. The molecule has 5 heteroatoms. The number of alkyl halides is 3. The van der Waals surface area contributed by atoms with E-state index in [4.69, 9.17) is 0 Å². The second-order valence-electron chi connectivity index (χ2n) is 7.59. The molecule has 1 N–H and O–H groups in total. The molecular weight excluding hydrogens is 315 g/mol. The molecule has 0 unspecified atom stereocenters. The van der Waals surface area contributed by atoms with Crippen molar-refractivity contribution in [2.75, 3.05) is 0 Å². The van der Waals surface area contributed by atoms with E-state index in [0.29, 0.717) is 24.5 Å². The highest BCUT2D eigenvalue weighted by Crippen LogP contribution is 2.42. The Morgan fingerprint density at radius 3 is 2.50 bits per heavy atom. The van der Waals surface area contributed by atoms with Gasteiger partial charge in [-0.1, -0.05) is 39.2 Å². The van der Waals surface area contributed by atoms with Crippen LogP contribution in [-0.4, -0.2) is 12.1 Å². The lowest BCUT2D eigenvalue weighted by atomic mass is 9.69. The van der Waals surface area contributed by atoms with Gasteiger partial charge in [0.1, 0.15) is 0 Å². The average molecular weight is 343 g/mol. The maximum atomic E-state index is 12.9. The van der Waals surface area contributed by atoms with Crippen LogP contribution < -0.4 is 5.32 Å². The van der Waals surface area contributed by atoms with Crippen molar-refractivity contribution in [2.45, 2.75) is 77.8 Å². The largest absolute Gasteiger partial charge is 0.416 e. The second-order valence-corrected chi connectivity index (χ2v) is 7.59. The second kappa shape index (κ2) is 7.75. The highest BCUT2D eigenvalue weighted by atomic mass is 19.4. The van der Waals surface area contributed by atoms with Gasteiger partial charge in [-0.3, -0.25) is 4.79 Å². The fourth-order valence-electron chi connectivity index (χ4n) is 3.66. The molecule has 1 saturated carbocycles. The number of carbonyl (C=O) groups is 1. The Kier molecular flexibility index (Phi) is 6.16. The van der Waals surface area contributed by atoms with Gasteiger partial charge in [0.25, 0.3) is 0 Å². The van der Waals surface area contributed by atoms with E-state index < -0.39 is 17.2 Å². The molecule has 2 rings (SSSR count). The first-order valence-electron chi connectivity index (χ1n) is 9.02. The highest BCUT2D eigenvalue weighted by molar-refractivity contribution is 5.84. The van der Waals surface area contributed by atoms with Crippen molar-refractivity contribution in [3.63, 3.8) is 0 Å². The zero-order valence-electron chi connectivity index (χ0n) is 14.6. The van der Waals surface area contributed by atoms with Crippen molar-refractivity contribution in [1.29, 1.82) is 0 Å². The minimum atomic E-state index is -4.35. The van der Waals surface area contributed by atoms with Crippen LogP contribution in [0.4, 0.5) is 13.2 Å². The van der Waals surface area contributed by atoms with Gasteiger partial charge < -0.3 is 5.32 Å². The van der Waals surface area contributed by atoms with Crippen LogP contribution in [-0.2, 0) is 4.79 Å². The molecule has 0 aromatic heterocycles. The summed E-state index contributed by atoms with van der Waals surface area (Å²) in [7, 11) is 0. The van der Waals surface area contributed by atoms with Gasteiger partial charge in [0, 0.05) is 11.1 Å². The van der Waals surface area contributed by atoms with Gasteiger partial charge in [-0.15, -0.1) is 0 Å². The standard InChI is InChI=1S/C19H28F3NO/c1-14(2)9-12-18(10-4-3-5-11-18)17(24)23-16-8-6-7-15(13-16)19(20,21)22/h7,13-14H,3-6,8-12H2,1-2H3,(H,23,24). The summed E-state index contributed by atoms with van der Waals surface area (Å²) in [4.78, 5) is 12.9. The first kappa shape index (κ1) is 19.1. The van der Waals surface area contributed by atoms with Crippen LogP contribution in [0.25, 0.3) is 0 Å². The quantitative estimate of drug-likeness (QED) is 0.686. The normalized spacial score (nSPS) is 21.2. The van der Waals surface area contributed by atoms with Crippen LogP contribution >= 0.6 is 0 Å². The van der Waals surface area contributed by atoms with Crippen LogP contribution in [0.3, 0.4) is 0 Å². The minimum absolute atomic E-state index is 0.0717. The van der Waals surface area contributed by atoms with Gasteiger partial charge in [0.15, 0.2) is 0 Å². The molecule has 0 aromatic carbocycles. The Morgan fingerprint density at radius 1 is 1.25 bits per heavy atom. The van der Waals surface area contributed by atoms with Crippen LogP contribution in [0.2, 0.25) is 0 Å². The maximum Gasteiger partial charge on any atom is 0.416 e. The topological polar surface area (TPSA) is 29.1 Å². The summed E-state index contributed by atoms with van der Waals surface area (Å²) in [6.45, 7) is 4.27. The Bertz CT molecular complexity index is 511. The Morgan fingerprint density at radius 2 is 1.92 bits per heavy atom. The van der Waals surface area contributed by atoms with Crippen LogP contribution in [0.1, 0.15) is 71.6 Å². The molecule has 0 atom stereocenters. The molecule has 24 heavy (non-hydrogen) atoms. The Balaban J connectivity index is 2.10. The fraction of sp³-hybridized carbons (Fsp3) is 0.737. The summed E-state index contributed by atoms with van der Waals surface area (Å²) >= 11 is 0. The smallest absolute Gasteiger partial charge is 0.329 e. The van der Waals surface area contributed by atoms with Crippen molar-refractivity contribution in [3.05, 3.63) is 23.4 Å². The molecule has 2 aliphatic carbocycles. The van der Waals surface area contributed by atoms with E-state index in [2.05, 4.69) is 19.2 Å². The number of hydrogen-bond acceptors (Lipinski definition) is 1. The zero-order chi connectivity index (χ0) is 17.8. The van der Waals surface area contributed by atoms with E-state index in [1.165, 1.54) is 6.08 Å². The predicted octanol–water partition coefficient (Wildman–Crippen LogP) is 5.66. The zero-order valence-corrected chi connectivity index (χ0v) is 14.6. The lowest BCUT2D eigenvalue weighted by Crippen LogP contribution is -2.42. The molecule has 0 spiro atoms. The number of rotatable bonds is 5. The molecule has 0 aliphatic heterocycles. The summed E-state index contributed by atoms with van der Waals surface area (Å²) in [6.07, 6.45) is 5.41. The van der Waals surface area contributed by atoms with E-state index in [0.717, 1.165) is 51.0 Å². The predicted molar refractivity (Wildman–Crippen MR) is 89.2 cm³/mol. The molecule has 0 radical (unpaired) electrons. The molecular formula is C19H28F3NO. The fourth-order valence-corrected chi connectivity index (χ4v) is 3.66. The van der Waals surface area contributed by atoms with E-state index in [1.807, 2.05) is 0 Å². The molecule has 0 heterocycles. The van der Waals surface area contributed by atoms with Gasteiger partial charge in [-0.2, -0.15) is 13.2 Å². The molecule has 1 fully saturated rings. The van der Waals surface area contributed by atoms with Crippen molar-refractivity contribution >= 4 is 5.91 Å². The summed E-state index contributed by atoms with van der Waals surface area (Å²) in [5.41, 5.74) is -0.642. The number of carbonyl (C=O) groups excluding carboxylic acids is 1. The molecule has 0 bridgehead atoms. The average Bonchev–Trinajstić information content (AvgIpc) is 2.53. The van der Waals surface area contributed by atoms with Gasteiger partial charge in [0.05, 0.1) is 5.57 Å². The SMILES string of the molecule is CC(C)CCC1(C(=O)NC2=CC(C(F)(F)F)=CCC2)CCCCC1. The van der Waals surface area contributed by atoms with Crippen molar-refractivity contribution in [3.8, 4) is 0 Å². The molecule has 136 valence electrons. The van der Waals surface area contributed by atoms with E-state index >= 15 is 0 Å². The molecule has 0 saturated heterocycles. The number of hydrogen-bond donors (Lipinski definition) is 1. The number of halogens is 3. The number of allylic oxidation sites excluding steroid dienone is 4. The van der Waals surface area contributed by atoms with Gasteiger partial charge in [0.2, 0.25) is 5.91 Å². The first-order chi connectivity index (χ1) is 11.2. The van der Waals surface area contributed by atoms with Crippen LogP contribution in [0.5, 0.6) is 0 Å². The van der Waals surface area contributed by atoms with Gasteiger partial charge in [-0.05, 0) is 50.5 Å². The Labute approximate surface area is 142 Å². The summed E-state index contributed by atoms with van der Waals surface area (Å²) in [5, 5.41) is 2.84. The third kappa shape index (κ3) is 4.87. The summed E-state index contributed by atoms with van der Waals surface area (Å²) in [6, 6.07) is 0. The van der Waals surface area contributed by atoms with Crippen LogP contribution in [0.15, 0.2) is 23.4 Å². The summed E-state index contributed by atoms with van der Waals surface area (Å²) in [5.74, 6) is 0.447. The lowest BCUT2D eigenvalue weighted by Gasteiger charge is -2.37. The van der Waals surface area contributed by atoms with Gasteiger partial charge >= 0.3 is 6.18 Å². The lowest BCUT2D eigenvalue weighted by molar-refractivity contribution is -0.133. The monoisotopic (exact) mass is 343 g/mol. The van der Waals surface area contributed by atoms with E-state index in [1.54, 1.807) is 0 Å². The molecule has 2 aliphatic rings. The van der Waals surface area contributed by atoms with Crippen LogP contribution in [0, 0.1) is 11.3 Å². The molecule has 0 aromatic rings. The third-order valence-electron chi connectivity index (χ3n) is 5.20. The van der Waals surface area contributed by atoms with E-state index in [-0.39, 0.29) is 5.91 Å². The first-order valence-corrected chi connectivity index (χ1v) is 9.02. The number of amides is 1.